The summed E-state index contributed by atoms with van der Waals surface area (Å²) < 4.78 is 22.4. The molecule has 1 unspecified atom stereocenters. The third-order valence-electron chi connectivity index (χ3n) is 4.92. The zero-order valence-electron chi connectivity index (χ0n) is 19.3. The first kappa shape index (κ1) is 24.5. The van der Waals surface area contributed by atoms with Gasteiger partial charge in [-0.05, 0) is 61.0 Å². The van der Waals surface area contributed by atoms with E-state index in [1.807, 2.05) is 37.3 Å². The highest BCUT2D eigenvalue weighted by molar-refractivity contribution is 5.81. The molecule has 0 aliphatic carbocycles. The number of methoxy groups -OCH3 is 1. The van der Waals surface area contributed by atoms with Crippen molar-refractivity contribution in [2.75, 3.05) is 32.2 Å². The molecule has 34 heavy (non-hydrogen) atoms. The molecule has 176 valence electrons. The summed E-state index contributed by atoms with van der Waals surface area (Å²) in [7, 11) is 1.34. The molecule has 7 nitrogen and oxygen atoms in total. The predicted molar refractivity (Wildman–Crippen MR) is 129 cm³/mol. The predicted octanol–water partition coefficient (Wildman–Crippen LogP) is 5.13. The number of carbonyl (C=O) groups excluding carboxylic acids is 1. The topological polar surface area (TPSA) is 89.8 Å². The molecule has 0 aromatic heterocycles. The van der Waals surface area contributed by atoms with E-state index in [-0.39, 0.29) is 0 Å². The van der Waals surface area contributed by atoms with Gasteiger partial charge in [0.25, 0.3) is 0 Å². The van der Waals surface area contributed by atoms with E-state index in [4.69, 9.17) is 24.2 Å². The maximum atomic E-state index is 12.5. The van der Waals surface area contributed by atoms with Crippen LogP contribution in [0.15, 0.2) is 72.8 Å². The molecule has 0 heterocycles. The Balaban J connectivity index is 1.67. The first-order valence-corrected chi connectivity index (χ1v) is 11.1. The van der Waals surface area contributed by atoms with Crippen molar-refractivity contribution in [2.45, 2.75) is 19.4 Å². The van der Waals surface area contributed by atoms with E-state index in [0.29, 0.717) is 54.6 Å². The number of ether oxygens (including phenoxy) is 4. The van der Waals surface area contributed by atoms with Crippen molar-refractivity contribution in [1.82, 2.24) is 0 Å². The van der Waals surface area contributed by atoms with Crippen LogP contribution < -0.4 is 19.5 Å². The van der Waals surface area contributed by atoms with Crippen LogP contribution in [0.1, 0.15) is 30.5 Å². The zero-order chi connectivity index (χ0) is 24.2. The number of esters is 1. The van der Waals surface area contributed by atoms with Crippen molar-refractivity contribution < 1.29 is 23.7 Å². The molecule has 3 aromatic carbocycles. The van der Waals surface area contributed by atoms with Crippen LogP contribution in [0.5, 0.6) is 17.2 Å². The molecular formula is C27H28N2O5. The van der Waals surface area contributed by atoms with E-state index in [0.717, 1.165) is 5.75 Å². The molecule has 1 N–H and O–H groups in total. The number of carbonyl (C=O) groups is 1. The molecule has 0 amide bonds. The SMILES string of the molecule is CCOc1cc(C(Nc2ccc(C#N)cc2)C(=O)OC)ccc1OCCCOc1ccccc1. The lowest BCUT2D eigenvalue weighted by atomic mass is 10.1. The minimum atomic E-state index is -0.759. The third-order valence-corrected chi connectivity index (χ3v) is 4.92. The Morgan fingerprint density at radius 2 is 1.68 bits per heavy atom. The minimum Gasteiger partial charge on any atom is -0.493 e. The van der Waals surface area contributed by atoms with Gasteiger partial charge in [-0.1, -0.05) is 24.3 Å². The lowest BCUT2D eigenvalue weighted by Crippen LogP contribution is -2.22. The molecule has 0 radical (unpaired) electrons. The Bertz CT molecular complexity index is 1090. The van der Waals surface area contributed by atoms with Gasteiger partial charge >= 0.3 is 5.97 Å². The standard InChI is InChI=1S/C27H28N2O5/c1-3-32-25-18-21(26(27(30)31-2)29-22-13-10-20(19-28)11-14-22)12-15-24(25)34-17-7-16-33-23-8-5-4-6-9-23/h4-6,8-15,18,26,29H,3,7,16-17H2,1-2H3. The number of anilines is 1. The molecule has 0 saturated heterocycles. The molecule has 7 heteroatoms. The van der Waals surface area contributed by atoms with Gasteiger partial charge in [-0.25, -0.2) is 4.79 Å². The summed E-state index contributed by atoms with van der Waals surface area (Å²) in [6.45, 7) is 3.32. The van der Waals surface area contributed by atoms with Gasteiger partial charge in [-0.3, -0.25) is 0 Å². The lowest BCUT2D eigenvalue weighted by molar-refractivity contribution is -0.141. The molecule has 0 aliphatic heterocycles. The molecule has 0 fully saturated rings. The fourth-order valence-electron chi connectivity index (χ4n) is 3.24. The molecule has 0 aliphatic rings. The van der Waals surface area contributed by atoms with Crippen LogP contribution in [0.25, 0.3) is 0 Å². The van der Waals surface area contributed by atoms with Gasteiger partial charge in [0, 0.05) is 12.1 Å². The van der Waals surface area contributed by atoms with Gasteiger partial charge in [0.05, 0.1) is 38.6 Å². The third kappa shape index (κ3) is 6.91. The van der Waals surface area contributed by atoms with Gasteiger partial charge in [0.1, 0.15) is 5.75 Å². The van der Waals surface area contributed by atoms with Crippen molar-refractivity contribution in [1.29, 1.82) is 5.26 Å². The van der Waals surface area contributed by atoms with Crippen molar-refractivity contribution >= 4 is 11.7 Å². The second-order valence-corrected chi connectivity index (χ2v) is 7.29. The maximum absolute atomic E-state index is 12.5. The van der Waals surface area contributed by atoms with Crippen molar-refractivity contribution in [3.05, 3.63) is 83.9 Å². The average Bonchev–Trinajstić information content (AvgIpc) is 2.88. The van der Waals surface area contributed by atoms with Gasteiger partial charge in [-0.15, -0.1) is 0 Å². The normalized spacial score (nSPS) is 11.1. The number of benzene rings is 3. The average molecular weight is 461 g/mol. The van der Waals surface area contributed by atoms with E-state index >= 15 is 0 Å². The Morgan fingerprint density at radius 1 is 0.941 bits per heavy atom. The fourth-order valence-corrected chi connectivity index (χ4v) is 3.24. The van der Waals surface area contributed by atoms with E-state index in [2.05, 4.69) is 11.4 Å². The second-order valence-electron chi connectivity index (χ2n) is 7.29. The molecular weight excluding hydrogens is 432 g/mol. The highest BCUT2D eigenvalue weighted by atomic mass is 16.5. The van der Waals surface area contributed by atoms with Crippen molar-refractivity contribution in [3.63, 3.8) is 0 Å². The number of nitrogens with zero attached hydrogens (tertiary/aromatic N) is 1. The first-order chi connectivity index (χ1) is 16.6. The van der Waals surface area contributed by atoms with Crippen LogP contribution in [-0.4, -0.2) is 32.9 Å². The van der Waals surface area contributed by atoms with Crippen LogP contribution in [0.2, 0.25) is 0 Å². The molecule has 0 bridgehead atoms. The lowest BCUT2D eigenvalue weighted by Gasteiger charge is -2.20. The summed E-state index contributed by atoms with van der Waals surface area (Å²) in [5.41, 5.74) is 1.89. The number of para-hydroxylation sites is 1. The van der Waals surface area contributed by atoms with Crippen molar-refractivity contribution in [3.8, 4) is 23.3 Å². The Kier molecular flexibility index (Phi) is 9.18. The summed E-state index contributed by atoms with van der Waals surface area (Å²) in [4.78, 5) is 12.5. The highest BCUT2D eigenvalue weighted by Crippen LogP contribution is 2.32. The number of nitrogens with one attached hydrogen (secondary N) is 1. The van der Waals surface area contributed by atoms with Gasteiger partial charge in [0.2, 0.25) is 0 Å². The van der Waals surface area contributed by atoms with Crippen LogP contribution in [-0.2, 0) is 9.53 Å². The smallest absolute Gasteiger partial charge is 0.332 e. The van der Waals surface area contributed by atoms with Crippen LogP contribution in [0.3, 0.4) is 0 Å². The Labute approximate surface area is 199 Å². The molecule has 3 rings (SSSR count). The second kappa shape index (κ2) is 12.8. The first-order valence-electron chi connectivity index (χ1n) is 11.1. The van der Waals surface area contributed by atoms with E-state index < -0.39 is 12.0 Å². The van der Waals surface area contributed by atoms with Crippen LogP contribution >= 0.6 is 0 Å². The summed E-state index contributed by atoms with van der Waals surface area (Å²) in [5.74, 6) is 1.51. The number of rotatable bonds is 12. The number of nitriles is 1. The largest absolute Gasteiger partial charge is 0.493 e. The monoisotopic (exact) mass is 460 g/mol. The van der Waals surface area contributed by atoms with E-state index in [9.17, 15) is 4.79 Å². The summed E-state index contributed by atoms with van der Waals surface area (Å²) in [6.07, 6.45) is 0.702. The maximum Gasteiger partial charge on any atom is 0.332 e. The summed E-state index contributed by atoms with van der Waals surface area (Å²) in [5, 5.41) is 12.2. The highest BCUT2D eigenvalue weighted by Gasteiger charge is 2.23. The summed E-state index contributed by atoms with van der Waals surface area (Å²) >= 11 is 0. The number of hydrogen-bond donors (Lipinski definition) is 1. The van der Waals surface area contributed by atoms with Crippen LogP contribution in [0.4, 0.5) is 5.69 Å². The van der Waals surface area contributed by atoms with E-state index in [1.165, 1.54) is 7.11 Å². The Morgan fingerprint density at radius 3 is 2.35 bits per heavy atom. The van der Waals surface area contributed by atoms with Gasteiger partial charge in [-0.2, -0.15) is 5.26 Å². The molecule has 0 saturated carbocycles. The van der Waals surface area contributed by atoms with E-state index in [1.54, 1.807) is 42.5 Å². The molecule has 3 aromatic rings. The van der Waals surface area contributed by atoms with Crippen molar-refractivity contribution in [2.24, 2.45) is 0 Å². The minimum absolute atomic E-state index is 0.446. The quantitative estimate of drug-likeness (QED) is 0.296. The molecule has 1 atom stereocenters. The van der Waals surface area contributed by atoms with Gasteiger partial charge < -0.3 is 24.3 Å². The Hall–Kier alpha value is -4.18. The summed E-state index contributed by atoms with van der Waals surface area (Å²) in [6, 6.07) is 23.2. The zero-order valence-corrected chi connectivity index (χ0v) is 19.3. The molecule has 0 spiro atoms. The van der Waals surface area contributed by atoms with Crippen LogP contribution in [0, 0.1) is 11.3 Å². The number of hydrogen-bond acceptors (Lipinski definition) is 7. The fraction of sp³-hybridized carbons (Fsp3) is 0.259. The van der Waals surface area contributed by atoms with Gasteiger partial charge in [0.15, 0.2) is 17.5 Å².